The molecule has 0 heterocycles. The Bertz CT molecular complexity index is 993. The molecule has 0 bridgehead atoms. The van der Waals surface area contributed by atoms with Crippen LogP contribution in [0, 0.1) is 14.9 Å². The summed E-state index contributed by atoms with van der Waals surface area (Å²) >= 11 is 0. The van der Waals surface area contributed by atoms with Gasteiger partial charge in [0.25, 0.3) is 0 Å². The van der Waals surface area contributed by atoms with E-state index in [0.29, 0.717) is 5.57 Å². The third kappa shape index (κ3) is 54.8. The first-order chi connectivity index (χ1) is 17.8. The fourth-order valence-corrected chi connectivity index (χ4v) is 9.85. The Morgan fingerprint density at radius 2 is 0.898 bits per heavy atom. The third-order valence-corrected chi connectivity index (χ3v) is 14.6. The molecule has 23 heteroatoms. The summed E-state index contributed by atoms with van der Waals surface area (Å²) < 4.78 is 44.3. The monoisotopic (exact) mass is 1140 g/mol. The molecule has 0 aromatic rings. The van der Waals surface area contributed by atoms with Gasteiger partial charge in [-0.2, -0.15) is 0 Å². The van der Waals surface area contributed by atoms with E-state index in [2.05, 4.69) is 37.6 Å². The van der Waals surface area contributed by atoms with E-state index in [-0.39, 0.29) is 112 Å². The Morgan fingerprint density at radius 3 is 1.08 bits per heavy atom. The van der Waals surface area contributed by atoms with Gasteiger partial charge in [0.15, 0.2) is 0 Å². The molecule has 0 saturated heterocycles. The van der Waals surface area contributed by atoms with Crippen LogP contribution >= 0.6 is 15.2 Å². The van der Waals surface area contributed by atoms with Crippen molar-refractivity contribution < 1.29 is 123 Å². The SMILES string of the molecule is C=C(C)C(=O)OCCP(=O)(O)O.C=C[Si](C)(C)O.C=C[Si](C)(C)OP(=O)(CCOC(=O)C(=C)C)O[Si](C)(C)C=C.O.O.O.O.O.[CH3-].[CH3-].[Ta].[Ta]. The third-order valence-electron chi connectivity index (χ3n) is 4.14. The summed E-state index contributed by atoms with van der Waals surface area (Å²) in [6, 6.07) is 0. The predicted octanol–water partition coefficient (Wildman–Crippen LogP) is 2.16. The number of hydrogen-bond donors (Lipinski definition) is 3. The Balaban J connectivity index is -0.0000000441. The van der Waals surface area contributed by atoms with Crippen molar-refractivity contribution in [1.29, 1.82) is 0 Å². The Hall–Kier alpha value is -0.169. The van der Waals surface area contributed by atoms with Crippen LogP contribution in [0.5, 0.6) is 0 Å². The summed E-state index contributed by atoms with van der Waals surface area (Å²) in [5, 5.41) is 0. The second-order valence-corrected chi connectivity index (χ2v) is 26.1. The molecule has 0 aromatic heterocycles. The van der Waals surface area contributed by atoms with Gasteiger partial charge in [-0.3, -0.25) is 9.13 Å². The van der Waals surface area contributed by atoms with E-state index in [1.807, 2.05) is 39.3 Å². The van der Waals surface area contributed by atoms with Gasteiger partial charge in [-0.25, -0.2) is 9.59 Å². The minimum absolute atomic E-state index is 0. The van der Waals surface area contributed by atoms with E-state index in [1.54, 1.807) is 24.0 Å². The standard InChI is InChI=1S/C14H27O5PSi2.C6H11O5P.C4H10OSi.2CH3.5H2O.2Ta/c1-9-21(5,6)18-20(16,19-22(7,8)10-2)12-11-17-14(15)13(3)4;1-5(2)6(7)11-3-4-12(8,9)10;1-4-6(2,3)5;;;;;;;;;/h9-10H,1-3,11-12H2,4-8H3;1,3-4H2,2H3,(H2,8,9,10);4-5H,1H2,2-3H3;2*1H3;5*1H2;;/q;;;2*-1;;;;;;;. The van der Waals surface area contributed by atoms with Crippen molar-refractivity contribution in [2.75, 3.05) is 25.5 Å². The molecule has 0 aliphatic heterocycles. The van der Waals surface area contributed by atoms with Gasteiger partial charge in [0.2, 0.25) is 25.0 Å². The van der Waals surface area contributed by atoms with E-state index in [0.717, 1.165) is 0 Å². The van der Waals surface area contributed by atoms with Crippen LogP contribution in [0.15, 0.2) is 61.1 Å². The summed E-state index contributed by atoms with van der Waals surface area (Å²) in [5.41, 5.74) is 5.50. The second kappa shape index (κ2) is 37.6. The minimum Gasteiger partial charge on any atom is -0.462 e. The molecule has 16 nitrogen and oxygen atoms in total. The van der Waals surface area contributed by atoms with Crippen LogP contribution in [0.25, 0.3) is 0 Å². The zero-order chi connectivity index (χ0) is 32.6. The van der Waals surface area contributed by atoms with Crippen molar-refractivity contribution in [3.8, 4) is 0 Å². The first kappa shape index (κ1) is 82.4. The Kier molecular flexibility index (Phi) is 63.2. The molecular weight excluding hydrogens is 1080 g/mol. The maximum absolute atomic E-state index is 13.0. The van der Waals surface area contributed by atoms with Crippen molar-refractivity contribution in [3.05, 3.63) is 76.0 Å². The molecule has 0 atom stereocenters. The summed E-state index contributed by atoms with van der Waals surface area (Å²) in [5.74, 6) is -1.16. The van der Waals surface area contributed by atoms with E-state index >= 15 is 0 Å². The van der Waals surface area contributed by atoms with Gasteiger partial charge >= 0.3 is 27.1 Å². The molecule has 2 radical (unpaired) electrons. The molecule has 0 saturated carbocycles. The number of ether oxygens (including phenoxy) is 2. The quantitative estimate of drug-likeness (QED) is 0.0702. The largest absolute Gasteiger partial charge is 0.462 e. The zero-order valence-electron chi connectivity index (χ0n) is 30.5. The number of carbonyl (C=O) groups excluding carboxylic acids is 2. The Morgan fingerprint density at radius 1 is 0.653 bits per heavy atom. The summed E-state index contributed by atoms with van der Waals surface area (Å²) in [6.45, 7) is 31.5. The maximum Gasteiger partial charge on any atom is 0.333 e. The number of carbonyl (C=O) groups is 2. The van der Waals surface area contributed by atoms with E-state index in [4.69, 9.17) is 27.7 Å². The molecule has 0 unspecified atom stereocenters. The van der Waals surface area contributed by atoms with E-state index < -0.39 is 58.2 Å². The number of esters is 2. The molecule has 0 amide bonds. The van der Waals surface area contributed by atoms with Gasteiger partial charge in [-0.15, -0.1) is 19.7 Å². The van der Waals surface area contributed by atoms with Crippen molar-refractivity contribution in [1.82, 2.24) is 0 Å². The van der Waals surface area contributed by atoms with E-state index in [9.17, 15) is 18.7 Å². The first-order valence-corrected chi connectivity index (χ1v) is 24.6. The van der Waals surface area contributed by atoms with Crippen LogP contribution in [0.2, 0.25) is 39.3 Å². The summed E-state index contributed by atoms with van der Waals surface area (Å²) in [6.07, 6.45) is -0.452. The van der Waals surface area contributed by atoms with Gasteiger partial charge < -0.3 is 74.7 Å². The van der Waals surface area contributed by atoms with Gasteiger partial charge in [-0.1, -0.05) is 30.3 Å². The summed E-state index contributed by atoms with van der Waals surface area (Å²) in [7, 11) is -14.0. The molecule has 0 spiro atoms. The van der Waals surface area contributed by atoms with Crippen LogP contribution in [0.3, 0.4) is 0 Å². The van der Waals surface area contributed by atoms with Crippen LogP contribution in [0.4, 0.5) is 0 Å². The zero-order valence-corrected chi connectivity index (χ0v) is 41.7. The fourth-order valence-electron chi connectivity index (χ4n) is 1.66. The van der Waals surface area contributed by atoms with Crippen molar-refractivity contribution >= 4 is 52.1 Å². The molecule has 13 N–H and O–H groups in total. The molecule has 298 valence electrons. The predicted molar refractivity (Wildman–Crippen MR) is 199 cm³/mol. The minimum atomic E-state index is -4.06. The first-order valence-electron chi connectivity index (χ1n) is 12.1. The van der Waals surface area contributed by atoms with Gasteiger partial charge in [0, 0.05) is 55.9 Å². The topological polar surface area (TPSA) is 323 Å². The number of rotatable bonds is 15. The number of hydrogen-bond acceptors (Lipinski definition) is 9. The van der Waals surface area contributed by atoms with E-state index in [1.165, 1.54) is 6.92 Å². The maximum atomic E-state index is 13.0. The smallest absolute Gasteiger partial charge is 0.333 e. The van der Waals surface area contributed by atoms with Crippen molar-refractivity contribution in [2.24, 2.45) is 0 Å². The van der Waals surface area contributed by atoms with Crippen LogP contribution < -0.4 is 0 Å². The van der Waals surface area contributed by atoms with Gasteiger partial charge in [0.1, 0.15) is 13.2 Å². The van der Waals surface area contributed by atoms with Crippen LogP contribution in [-0.2, 0) is 81.4 Å². The van der Waals surface area contributed by atoms with Crippen molar-refractivity contribution in [3.63, 3.8) is 0 Å². The van der Waals surface area contributed by atoms with Gasteiger partial charge in [0.05, 0.1) is 12.3 Å². The normalized spacial score (nSPS) is 9.69. The summed E-state index contributed by atoms with van der Waals surface area (Å²) in [4.78, 5) is 47.6. The van der Waals surface area contributed by atoms with Gasteiger partial charge in [-0.05, 0) is 53.1 Å². The molecule has 0 aliphatic rings. The molecule has 0 rings (SSSR count). The molecule has 49 heavy (non-hydrogen) atoms. The molecule has 0 aromatic carbocycles. The van der Waals surface area contributed by atoms with Crippen LogP contribution in [0.1, 0.15) is 13.8 Å². The average molecular weight is 1140 g/mol. The van der Waals surface area contributed by atoms with Crippen molar-refractivity contribution in [2.45, 2.75) is 53.1 Å². The van der Waals surface area contributed by atoms with Crippen LogP contribution in [-0.4, -0.2) is 104 Å². The fraction of sp³-hybridized carbons (Fsp3) is 0.462. The Labute approximate surface area is 328 Å². The molecule has 0 fully saturated rings. The molecule has 0 aliphatic carbocycles. The molecular formula is C26H64O16P2Si3Ta2-2. The second-order valence-electron chi connectivity index (χ2n) is 10.2. The average Bonchev–Trinajstić information content (AvgIpc) is 2.77.